The molecule has 0 aromatic heterocycles. The van der Waals surface area contributed by atoms with E-state index < -0.39 is 6.04 Å². The summed E-state index contributed by atoms with van der Waals surface area (Å²) < 4.78 is 5.01. The van der Waals surface area contributed by atoms with Crippen molar-refractivity contribution in [2.45, 2.75) is 32.4 Å². The number of rotatable bonds is 3. The molecule has 5 heteroatoms. The molecule has 2 atom stereocenters. The second-order valence-corrected chi connectivity index (χ2v) is 3.88. The third-order valence-corrected chi connectivity index (χ3v) is 2.55. The van der Waals surface area contributed by atoms with Gasteiger partial charge < -0.3 is 15.0 Å². The summed E-state index contributed by atoms with van der Waals surface area (Å²) >= 11 is 0. The molecule has 0 saturated carbocycles. The van der Waals surface area contributed by atoms with Crippen LogP contribution >= 0.6 is 0 Å². The van der Waals surface area contributed by atoms with Gasteiger partial charge in [0.2, 0.25) is 11.8 Å². The van der Waals surface area contributed by atoms with Gasteiger partial charge in [0.05, 0.1) is 12.6 Å². The second kappa shape index (κ2) is 5.11. The number of nitrogens with one attached hydrogen (secondary N) is 1. The Morgan fingerprint density at radius 2 is 2.27 bits per heavy atom. The number of hydrogen-bond acceptors (Lipinski definition) is 3. The molecule has 5 nitrogen and oxygen atoms in total. The Bertz CT molecular complexity index is 255. The van der Waals surface area contributed by atoms with Crippen molar-refractivity contribution in [1.82, 2.24) is 10.2 Å². The summed E-state index contributed by atoms with van der Waals surface area (Å²) in [6.07, 6.45) is 0.365. The number of methoxy groups -OCH3 is 1. The van der Waals surface area contributed by atoms with Gasteiger partial charge in [-0.15, -0.1) is 0 Å². The first kappa shape index (κ1) is 12.0. The molecule has 0 aliphatic carbocycles. The standard InChI is InChI=1S/C10H18N2O3/c1-7(6-15-3)12-5-4-9(13)11-8(2)10(12)14/h7-8H,4-6H2,1-3H3,(H,11,13). The fourth-order valence-corrected chi connectivity index (χ4v) is 1.73. The number of nitrogens with zero attached hydrogens (tertiary/aromatic N) is 1. The topological polar surface area (TPSA) is 58.6 Å². The minimum Gasteiger partial charge on any atom is -0.383 e. The Morgan fingerprint density at radius 3 is 2.87 bits per heavy atom. The summed E-state index contributed by atoms with van der Waals surface area (Å²) in [6, 6.07) is -0.419. The molecule has 0 aromatic carbocycles. The van der Waals surface area contributed by atoms with E-state index in [9.17, 15) is 9.59 Å². The summed E-state index contributed by atoms with van der Waals surface area (Å²) in [5.41, 5.74) is 0. The zero-order valence-corrected chi connectivity index (χ0v) is 9.45. The maximum Gasteiger partial charge on any atom is 0.245 e. The van der Waals surface area contributed by atoms with E-state index >= 15 is 0 Å². The van der Waals surface area contributed by atoms with Crippen molar-refractivity contribution < 1.29 is 14.3 Å². The number of amides is 2. The Kier molecular flexibility index (Phi) is 4.08. The lowest BCUT2D eigenvalue weighted by Gasteiger charge is -2.28. The van der Waals surface area contributed by atoms with Crippen LogP contribution in [-0.4, -0.2) is 49.1 Å². The molecule has 86 valence electrons. The van der Waals surface area contributed by atoms with E-state index in [-0.39, 0.29) is 17.9 Å². The van der Waals surface area contributed by atoms with E-state index in [0.717, 1.165) is 0 Å². The summed E-state index contributed by atoms with van der Waals surface area (Å²) in [5.74, 6) is -0.103. The first-order valence-electron chi connectivity index (χ1n) is 5.15. The predicted molar refractivity (Wildman–Crippen MR) is 55.3 cm³/mol. The average molecular weight is 214 g/mol. The fourth-order valence-electron chi connectivity index (χ4n) is 1.73. The number of carbonyl (C=O) groups excluding carboxylic acids is 2. The molecular formula is C10H18N2O3. The van der Waals surface area contributed by atoms with Gasteiger partial charge in [-0.25, -0.2) is 0 Å². The molecular weight excluding hydrogens is 196 g/mol. The van der Waals surface area contributed by atoms with Crippen LogP contribution in [0.5, 0.6) is 0 Å². The Morgan fingerprint density at radius 1 is 1.60 bits per heavy atom. The van der Waals surface area contributed by atoms with Gasteiger partial charge in [0.15, 0.2) is 0 Å². The van der Waals surface area contributed by atoms with E-state index in [1.807, 2.05) is 6.92 Å². The van der Waals surface area contributed by atoms with Gasteiger partial charge >= 0.3 is 0 Å². The lowest BCUT2D eigenvalue weighted by Crippen LogP contribution is -2.47. The quantitative estimate of drug-likeness (QED) is 0.705. The summed E-state index contributed by atoms with van der Waals surface area (Å²) in [6.45, 7) is 4.59. The van der Waals surface area contributed by atoms with E-state index in [1.54, 1.807) is 18.9 Å². The first-order chi connectivity index (χ1) is 7.06. The molecule has 2 amide bonds. The molecule has 1 heterocycles. The average Bonchev–Trinajstić information content (AvgIpc) is 2.28. The van der Waals surface area contributed by atoms with E-state index in [2.05, 4.69) is 5.32 Å². The van der Waals surface area contributed by atoms with Crippen LogP contribution in [0.3, 0.4) is 0 Å². The SMILES string of the molecule is COCC(C)N1CCC(=O)NC(C)C1=O. The van der Waals surface area contributed by atoms with Crippen molar-refractivity contribution in [2.24, 2.45) is 0 Å². The Hall–Kier alpha value is -1.10. The second-order valence-electron chi connectivity index (χ2n) is 3.88. The van der Waals surface area contributed by atoms with Crippen molar-refractivity contribution in [2.75, 3.05) is 20.3 Å². The molecule has 0 spiro atoms. The zero-order chi connectivity index (χ0) is 11.4. The van der Waals surface area contributed by atoms with Gasteiger partial charge in [-0.1, -0.05) is 0 Å². The van der Waals surface area contributed by atoms with Crippen molar-refractivity contribution >= 4 is 11.8 Å². The van der Waals surface area contributed by atoms with Crippen LogP contribution in [0.2, 0.25) is 0 Å². The van der Waals surface area contributed by atoms with E-state index in [1.165, 1.54) is 0 Å². The van der Waals surface area contributed by atoms with Gasteiger partial charge in [-0.2, -0.15) is 0 Å². The monoisotopic (exact) mass is 214 g/mol. The van der Waals surface area contributed by atoms with Gasteiger partial charge in [0.25, 0.3) is 0 Å². The smallest absolute Gasteiger partial charge is 0.245 e. The third kappa shape index (κ3) is 2.92. The Balaban J connectivity index is 2.70. The van der Waals surface area contributed by atoms with Crippen LogP contribution < -0.4 is 5.32 Å². The molecule has 0 radical (unpaired) electrons. The molecule has 1 fully saturated rings. The largest absolute Gasteiger partial charge is 0.383 e. The summed E-state index contributed by atoms with van der Waals surface area (Å²) in [4.78, 5) is 24.8. The number of ether oxygens (including phenoxy) is 1. The molecule has 1 rings (SSSR count). The molecule has 15 heavy (non-hydrogen) atoms. The lowest BCUT2D eigenvalue weighted by atomic mass is 10.2. The molecule has 0 aromatic rings. The van der Waals surface area contributed by atoms with Crippen LogP contribution in [-0.2, 0) is 14.3 Å². The van der Waals surface area contributed by atoms with Crippen LogP contribution in [0, 0.1) is 0 Å². The molecule has 1 N–H and O–H groups in total. The first-order valence-corrected chi connectivity index (χ1v) is 5.15. The van der Waals surface area contributed by atoms with Gasteiger partial charge in [-0.05, 0) is 13.8 Å². The van der Waals surface area contributed by atoms with Crippen LogP contribution in [0.1, 0.15) is 20.3 Å². The zero-order valence-electron chi connectivity index (χ0n) is 9.45. The molecule has 2 unspecified atom stereocenters. The molecule has 1 saturated heterocycles. The molecule has 1 aliphatic heterocycles. The van der Waals surface area contributed by atoms with Crippen molar-refractivity contribution in [3.05, 3.63) is 0 Å². The maximum absolute atomic E-state index is 11.9. The van der Waals surface area contributed by atoms with Crippen LogP contribution in [0.25, 0.3) is 0 Å². The molecule has 1 aliphatic rings. The number of hydrogen-bond donors (Lipinski definition) is 1. The maximum atomic E-state index is 11.9. The summed E-state index contributed by atoms with van der Waals surface area (Å²) in [5, 5.41) is 2.65. The van der Waals surface area contributed by atoms with Crippen molar-refractivity contribution in [1.29, 1.82) is 0 Å². The molecule has 0 bridgehead atoms. The predicted octanol–water partition coefficient (Wildman–Crippen LogP) is -0.242. The van der Waals surface area contributed by atoms with Gasteiger partial charge in [0.1, 0.15) is 6.04 Å². The van der Waals surface area contributed by atoms with Crippen molar-refractivity contribution in [3.63, 3.8) is 0 Å². The fraction of sp³-hybridized carbons (Fsp3) is 0.800. The highest BCUT2D eigenvalue weighted by Crippen LogP contribution is 2.08. The minimum absolute atomic E-state index is 0.0117. The summed E-state index contributed by atoms with van der Waals surface area (Å²) in [7, 11) is 1.60. The van der Waals surface area contributed by atoms with Gasteiger partial charge in [-0.3, -0.25) is 9.59 Å². The van der Waals surface area contributed by atoms with Crippen LogP contribution in [0.4, 0.5) is 0 Å². The van der Waals surface area contributed by atoms with Crippen molar-refractivity contribution in [3.8, 4) is 0 Å². The number of carbonyl (C=O) groups is 2. The highest BCUT2D eigenvalue weighted by Gasteiger charge is 2.29. The third-order valence-electron chi connectivity index (χ3n) is 2.55. The van der Waals surface area contributed by atoms with E-state index in [4.69, 9.17) is 4.74 Å². The Labute approximate surface area is 89.8 Å². The van der Waals surface area contributed by atoms with E-state index in [0.29, 0.717) is 19.6 Å². The highest BCUT2D eigenvalue weighted by atomic mass is 16.5. The van der Waals surface area contributed by atoms with Crippen LogP contribution in [0.15, 0.2) is 0 Å². The normalized spacial score (nSPS) is 24.7. The minimum atomic E-state index is -0.431. The van der Waals surface area contributed by atoms with Gasteiger partial charge in [0, 0.05) is 20.1 Å². The highest BCUT2D eigenvalue weighted by molar-refractivity contribution is 5.89. The lowest BCUT2D eigenvalue weighted by molar-refractivity contribution is -0.135.